The van der Waals surface area contributed by atoms with Crippen molar-refractivity contribution in [1.29, 1.82) is 0 Å². The number of aromatic nitrogens is 3. The highest BCUT2D eigenvalue weighted by Crippen LogP contribution is 2.21. The van der Waals surface area contributed by atoms with E-state index in [9.17, 15) is 4.79 Å². The molecule has 124 valence electrons. The third kappa shape index (κ3) is 3.36. The highest BCUT2D eigenvalue weighted by atomic mass is 16.5. The lowest BCUT2D eigenvalue weighted by molar-refractivity contribution is 0.0946. The Kier molecular flexibility index (Phi) is 4.72. The molecule has 0 saturated carbocycles. The van der Waals surface area contributed by atoms with E-state index in [1.807, 2.05) is 18.2 Å². The lowest BCUT2D eigenvalue weighted by Crippen LogP contribution is -2.26. The van der Waals surface area contributed by atoms with Crippen molar-refractivity contribution in [3.05, 3.63) is 59.7 Å². The van der Waals surface area contributed by atoms with Gasteiger partial charge in [0, 0.05) is 25.0 Å². The molecule has 24 heavy (non-hydrogen) atoms. The maximum atomic E-state index is 12.3. The number of ether oxygens (including phenoxy) is 1. The van der Waals surface area contributed by atoms with Crippen molar-refractivity contribution in [3.8, 4) is 5.75 Å². The second kappa shape index (κ2) is 7.10. The Labute approximate surface area is 138 Å². The molecule has 3 aromatic rings. The molecule has 0 aliphatic rings. The largest absolute Gasteiger partial charge is 0.487 e. The fourth-order valence-corrected chi connectivity index (χ4v) is 2.41. The maximum absolute atomic E-state index is 12.3. The van der Waals surface area contributed by atoms with E-state index < -0.39 is 0 Å². The smallest absolute Gasteiger partial charge is 0.255 e. The summed E-state index contributed by atoms with van der Waals surface area (Å²) in [4.78, 5) is 16.5. The van der Waals surface area contributed by atoms with Gasteiger partial charge >= 0.3 is 0 Å². The molecule has 3 rings (SSSR count). The van der Waals surface area contributed by atoms with Crippen molar-refractivity contribution in [3.63, 3.8) is 0 Å². The second-order valence-electron chi connectivity index (χ2n) is 5.24. The van der Waals surface area contributed by atoms with Gasteiger partial charge in [-0.25, -0.2) is 4.52 Å². The Morgan fingerprint density at radius 2 is 2.25 bits per heavy atom. The SMILES string of the molecule is Cc1nn2ccc(OCc3ccccn3)cc2c1C(=O)NCCO. The van der Waals surface area contributed by atoms with Gasteiger partial charge in [0.15, 0.2) is 0 Å². The van der Waals surface area contributed by atoms with Gasteiger partial charge in [-0.15, -0.1) is 0 Å². The average molecular weight is 326 g/mol. The van der Waals surface area contributed by atoms with E-state index in [1.54, 1.807) is 36.0 Å². The average Bonchev–Trinajstić information content (AvgIpc) is 2.94. The number of aliphatic hydroxyl groups is 1. The first-order chi connectivity index (χ1) is 11.7. The zero-order valence-electron chi connectivity index (χ0n) is 13.3. The van der Waals surface area contributed by atoms with Crippen molar-refractivity contribution in [1.82, 2.24) is 19.9 Å². The van der Waals surface area contributed by atoms with Crippen molar-refractivity contribution < 1.29 is 14.6 Å². The Balaban J connectivity index is 1.85. The lowest BCUT2D eigenvalue weighted by atomic mass is 10.2. The minimum atomic E-state index is -0.265. The van der Waals surface area contributed by atoms with Crippen LogP contribution in [0.5, 0.6) is 5.75 Å². The molecule has 0 unspecified atom stereocenters. The van der Waals surface area contributed by atoms with Gasteiger partial charge in [0.25, 0.3) is 5.91 Å². The lowest BCUT2D eigenvalue weighted by Gasteiger charge is -2.07. The Hall–Kier alpha value is -2.93. The summed E-state index contributed by atoms with van der Waals surface area (Å²) in [7, 11) is 0. The number of hydrogen-bond donors (Lipinski definition) is 2. The summed E-state index contributed by atoms with van der Waals surface area (Å²) in [6.07, 6.45) is 3.46. The van der Waals surface area contributed by atoms with Crippen LogP contribution < -0.4 is 10.1 Å². The molecule has 0 saturated heterocycles. The molecule has 0 atom stereocenters. The summed E-state index contributed by atoms with van der Waals surface area (Å²) in [5, 5.41) is 15.8. The number of nitrogens with zero attached hydrogens (tertiary/aromatic N) is 3. The quantitative estimate of drug-likeness (QED) is 0.713. The van der Waals surface area contributed by atoms with E-state index >= 15 is 0 Å². The first kappa shape index (κ1) is 15.9. The number of rotatable bonds is 6. The molecule has 0 spiro atoms. The predicted octanol–water partition coefficient (Wildman–Crippen LogP) is 1.34. The van der Waals surface area contributed by atoms with E-state index in [1.165, 1.54) is 0 Å². The second-order valence-corrected chi connectivity index (χ2v) is 5.24. The van der Waals surface area contributed by atoms with Crippen LogP contribution in [0.1, 0.15) is 21.7 Å². The van der Waals surface area contributed by atoms with Crippen LogP contribution in [0.25, 0.3) is 5.52 Å². The van der Waals surface area contributed by atoms with Crippen LogP contribution >= 0.6 is 0 Å². The van der Waals surface area contributed by atoms with E-state index in [4.69, 9.17) is 9.84 Å². The highest BCUT2D eigenvalue weighted by molar-refractivity contribution is 6.02. The molecule has 0 aliphatic carbocycles. The fourth-order valence-electron chi connectivity index (χ4n) is 2.41. The van der Waals surface area contributed by atoms with Crippen LogP contribution in [0.4, 0.5) is 0 Å². The van der Waals surface area contributed by atoms with Crippen LogP contribution in [0.2, 0.25) is 0 Å². The van der Waals surface area contributed by atoms with Gasteiger partial charge in [0.2, 0.25) is 0 Å². The topological polar surface area (TPSA) is 88.8 Å². The first-order valence-corrected chi connectivity index (χ1v) is 7.60. The van der Waals surface area contributed by atoms with Crippen LogP contribution in [-0.2, 0) is 6.61 Å². The molecular formula is C17H18N4O3. The first-order valence-electron chi connectivity index (χ1n) is 7.60. The zero-order valence-corrected chi connectivity index (χ0v) is 13.3. The van der Waals surface area contributed by atoms with E-state index in [0.717, 1.165) is 5.69 Å². The van der Waals surface area contributed by atoms with E-state index in [0.29, 0.717) is 29.1 Å². The molecule has 3 heterocycles. The van der Waals surface area contributed by atoms with Crippen molar-refractivity contribution >= 4 is 11.4 Å². The van der Waals surface area contributed by atoms with Crippen LogP contribution in [0, 0.1) is 6.92 Å². The monoisotopic (exact) mass is 326 g/mol. The normalized spacial score (nSPS) is 10.8. The number of carbonyl (C=O) groups excluding carboxylic acids is 1. The number of amides is 1. The van der Waals surface area contributed by atoms with Crippen LogP contribution in [0.3, 0.4) is 0 Å². The number of nitrogens with one attached hydrogen (secondary N) is 1. The van der Waals surface area contributed by atoms with E-state index in [-0.39, 0.29) is 19.1 Å². The summed E-state index contributed by atoms with van der Waals surface area (Å²) in [5.41, 5.74) is 2.57. The summed E-state index contributed by atoms with van der Waals surface area (Å²) in [6, 6.07) is 9.20. The third-order valence-corrected chi connectivity index (χ3v) is 3.52. The van der Waals surface area contributed by atoms with E-state index in [2.05, 4.69) is 15.4 Å². The molecule has 0 aliphatic heterocycles. The minimum Gasteiger partial charge on any atom is -0.487 e. The fraction of sp³-hybridized carbons (Fsp3) is 0.235. The Morgan fingerprint density at radius 3 is 3.00 bits per heavy atom. The Morgan fingerprint density at radius 1 is 1.38 bits per heavy atom. The number of fused-ring (bicyclic) bond motifs is 1. The number of pyridine rings is 2. The molecule has 0 bridgehead atoms. The molecule has 7 nitrogen and oxygen atoms in total. The van der Waals surface area contributed by atoms with Gasteiger partial charge in [-0.3, -0.25) is 9.78 Å². The number of carbonyl (C=O) groups is 1. The molecule has 0 aromatic carbocycles. The van der Waals surface area contributed by atoms with Gasteiger partial charge in [-0.05, 0) is 25.1 Å². The van der Waals surface area contributed by atoms with Crippen molar-refractivity contribution in [2.75, 3.05) is 13.2 Å². The highest BCUT2D eigenvalue weighted by Gasteiger charge is 2.17. The number of aliphatic hydroxyl groups excluding tert-OH is 1. The summed E-state index contributed by atoms with van der Waals surface area (Å²) in [6.45, 7) is 2.21. The molecule has 1 amide bonds. The molecule has 3 aromatic heterocycles. The third-order valence-electron chi connectivity index (χ3n) is 3.52. The molecular weight excluding hydrogens is 308 g/mol. The number of hydrogen-bond acceptors (Lipinski definition) is 5. The summed E-state index contributed by atoms with van der Waals surface area (Å²) >= 11 is 0. The Bertz CT molecular complexity index is 846. The summed E-state index contributed by atoms with van der Waals surface area (Å²) < 4.78 is 7.39. The molecule has 0 radical (unpaired) electrons. The van der Waals surface area contributed by atoms with Crippen LogP contribution in [0.15, 0.2) is 42.7 Å². The maximum Gasteiger partial charge on any atom is 0.255 e. The molecule has 7 heteroatoms. The number of aryl methyl sites for hydroxylation is 1. The molecule has 2 N–H and O–H groups in total. The van der Waals surface area contributed by atoms with Crippen molar-refractivity contribution in [2.24, 2.45) is 0 Å². The standard InChI is InChI=1S/C17H18N4O3/c1-12-16(17(23)19-7-9-22)15-10-14(5-8-21(15)20-12)24-11-13-4-2-3-6-18-13/h2-6,8,10,22H,7,9,11H2,1H3,(H,19,23). The van der Waals surface area contributed by atoms with Gasteiger partial charge in [-0.2, -0.15) is 5.10 Å². The molecule has 0 fully saturated rings. The minimum absolute atomic E-state index is 0.109. The van der Waals surface area contributed by atoms with Crippen LogP contribution in [-0.4, -0.2) is 38.8 Å². The van der Waals surface area contributed by atoms with Gasteiger partial charge in [-0.1, -0.05) is 6.07 Å². The zero-order chi connectivity index (χ0) is 16.9. The van der Waals surface area contributed by atoms with Gasteiger partial charge in [0.1, 0.15) is 12.4 Å². The summed E-state index contributed by atoms with van der Waals surface area (Å²) in [5.74, 6) is 0.364. The van der Waals surface area contributed by atoms with Gasteiger partial charge < -0.3 is 15.2 Å². The van der Waals surface area contributed by atoms with Crippen molar-refractivity contribution in [2.45, 2.75) is 13.5 Å². The van der Waals surface area contributed by atoms with Gasteiger partial charge in [0.05, 0.1) is 29.1 Å². The predicted molar refractivity (Wildman–Crippen MR) is 87.9 cm³/mol.